The smallest absolute Gasteiger partial charge is 0.104 e. The Labute approximate surface area is 106 Å². The Morgan fingerprint density at radius 1 is 1.35 bits per heavy atom. The summed E-state index contributed by atoms with van der Waals surface area (Å²) < 4.78 is 0. The van der Waals surface area contributed by atoms with E-state index in [4.69, 9.17) is 0 Å². The number of aliphatic hydroxyl groups excluding tert-OH is 1. The number of hydrogen-bond donors (Lipinski definition) is 2. The lowest BCUT2D eigenvalue weighted by Gasteiger charge is -2.35. The molecule has 0 heterocycles. The largest absolute Gasteiger partial charge is 0.513 e. The summed E-state index contributed by atoms with van der Waals surface area (Å²) in [5.74, 6) is 0. The fourth-order valence-corrected chi connectivity index (χ4v) is 2.13. The van der Waals surface area contributed by atoms with Crippen LogP contribution >= 0.6 is 0 Å². The van der Waals surface area contributed by atoms with E-state index in [1.807, 2.05) is 0 Å². The van der Waals surface area contributed by atoms with E-state index in [0.29, 0.717) is 11.7 Å². The maximum absolute atomic E-state index is 9.19. The molecule has 0 aromatic heterocycles. The van der Waals surface area contributed by atoms with E-state index in [0.717, 1.165) is 37.8 Å². The molecule has 100 valence electrons. The fourth-order valence-electron chi connectivity index (χ4n) is 2.13. The van der Waals surface area contributed by atoms with Crippen molar-refractivity contribution in [2.75, 3.05) is 13.6 Å². The van der Waals surface area contributed by atoms with Crippen molar-refractivity contribution in [1.82, 2.24) is 10.2 Å². The fraction of sp³-hybridized carbons (Fsp3) is 0.714. The Balaban J connectivity index is 4.86. The van der Waals surface area contributed by atoms with Gasteiger partial charge in [-0.15, -0.1) is 0 Å². The predicted octanol–water partition coefficient (Wildman–Crippen LogP) is 3.41. The zero-order valence-electron chi connectivity index (χ0n) is 11.8. The second-order valence-corrected chi connectivity index (χ2v) is 4.28. The first-order chi connectivity index (χ1) is 8.15. The summed E-state index contributed by atoms with van der Waals surface area (Å²) in [5.41, 5.74) is 1.59. The molecule has 0 bridgehead atoms. The lowest BCUT2D eigenvalue weighted by molar-refractivity contribution is 0.234. The topological polar surface area (TPSA) is 35.5 Å². The van der Waals surface area contributed by atoms with Crippen LogP contribution in [0.2, 0.25) is 0 Å². The van der Waals surface area contributed by atoms with Gasteiger partial charge in [0.15, 0.2) is 0 Å². The van der Waals surface area contributed by atoms with E-state index in [-0.39, 0.29) is 0 Å². The average molecular weight is 240 g/mol. The molecular formula is C14H28N2O. The quantitative estimate of drug-likeness (QED) is 0.479. The van der Waals surface area contributed by atoms with Gasteiger partial charge in [-0.3, -0.25) is 0 Å². The van der Waals surface area contributed by atoms with Gasteiger partial charge in [0.05, 0.1) is 11.4 Å². The first-order valence-corrected chi connectivity index (χ1v) is 6.64. The summed E-state index contributed by atoms with van der Waals surface area (Å²) >= 11 is 0. The van der Waals surface area contributed by atoms with Crippen molar-refractivity contribution >= 4 is 0 Å². The van der Waals surface area contributed by atoms with E-state index in [2.05, 4.69) is 37.6 Å². The molecule has 0 saturated carbocycles. The molecule has 0 aliphatic heterocycles. The molecule has 0 amide bonds. The standard InChI is InChI=1S/C14H28N2O/c1-6-9-13(8-3)16(10-7-2)12(4)14(11-17)15-5/h11,13,15,17H,4,6-10H2,1-3,5H3/b14-11-. The van der Waals surface area contributed by atoms with Crippen LogP contribution in [0.15, 0.2) is 24.2 Å². The Morgan fingerprint density at radius 2 is 2.00 bits per heavy atom. The second-order valence-electron chi connectivity index (χ2n) is 4.28. The van der Waals surface area contributed by atoms with Gasteiger partial charge in [-0.05, 0) is 19.3 Å². The number of likely N-dealkylation sites (N-methyl/N-ethyl adjacent to an activating group) is 1. The van der Waals surface area contributed by atoms with Crippen molar-refractivity contribution in [1.29, 1.82) is 0 Å². The summed E-state index contributed by atoms with van der Waals surface area (Å²) in [6.07, 6.45) is 5.63. The number of rotatable bonds is 9. The minimum Gasteiger partial charge on any atom is -0.513 e. The molecule has 3 nitrogen and oxygen atoms in total. The van der Waals surface area contributed by atoms with Crippen LogP contribution in [-0.2, 0) is 0 Å². The van der Waals surface area contributed by atoms with Gasteiger partial charge in [-0.1, -0.05) is 33.8 Å². The maximum atomic E-state index is 9.19. The van der Waals surface area contributed by atoms with Crippen LogP contribution in [0.25, 0.3) is 0 Å². The van der Waals surface area contributed by atoms with Crippen LogP contribution in [0.4, 0.5) is 0 Å². The van der Waals surface area contributed by atoms with Crippen molar-refractivity contribution in [2.45, 2.75) is 52.5 Å². The van der Waals surface area contributed by atoms with E-state index in [1.54, 1.807) is 7.05 Å². The van der Waals surface area contributed by atoms with Crippen molar-refractivity contribution in [3.05, 3.63) is 24.2 Å². The van der Waals surface area contributed by atoms with Gasteiger partial charge in [0.25, 0.3) is 0 Å². The van der Waals surface area contributed by atoms with Gasteiger partial charge in [0.1, 0.15) is 6.26 Å². The summed E-state index contributed by atoms with van der Waals surface area (Å²) in [4.78, 5) is 2.31. The number of hydrogen-bond acceptors (Lipinski definition) is 3. The van der Waals surface area contributed by atoms with Gasteiger partial charge in [0, 0.05) is 19.6 Å². The third kappa shape index (κ3) is 4.72. The third-order valence-electron chi connectivity index (χ3n) is 3.05. The number of aliphatic hydroxyl groups is 1. The molecule has 0 aliphatic rings. The third-order valence-corrected chi connectivity index (χ3v) is 3.05. The maximum Gasteiger partial charge on any atom is 0.104 e. The first-order valence-electron chi connectivity index (χ1n) is 6.64. The summed E-state index contributed by atoms with van der Waals surface area (Å²) in [6.45, 7) is 11.7. The monoisotopic (exact) mass is 240 g/mol. The summed E-state index contributed by atoms with van der Waals surface area (Å²) in [7, 11) is 1.80. The highest BCUT2D eigenvalue weighted by Crippen LogP contribution is 2.20. The minimum atomic E-state index is 0.510. The van der Waals surface area contributed by atoms with Crippen molar-refractivity contribution in [2.24, 2.45) is 0 Å². The Kier molecular flexibility index (Phi) is 8.38. The summed E-state index contributed by atoms with van der Waals surface area (Å²) in [6, 6.07) is 0.510. The van der Waals surface area contributed by atoms with Crippen LogP contribution in [0.3, 0.4) is 0 Å². The molecular weight excluding hydrogens is 212 g/mol. The molecule has 3 heteroatoms. The molecule has 2 N–H and O–H groups in total. The lowest BCUT2D eigenvalue weighted by atomic mass is 10.1. The van der Waals surface area contributed by atoms with Gasteiger partial charge in [-0.25, -0.2) is 0 Å². The molecule has 0 aliphatic carbocycles. The van der Waals surface area contributed by atoms with Gasteiger partial charge < -0.3 is 15.3 Å². The number of nitrogens with zero attached hydrogens (tertiary/aromatic N) is 1. The highest BCUT2D eigenvalue weighted by molar-refractivity contribution is 5.24. The van der Waals surface area contributed by atoms with Crippen molar-refractivity contribution in [3.63, 3.8) is 0 Å². The highest BCUT2D eigenvalue weighted by atomic mass is 16.2. The van der Waals surface area contributed by atoms with Crippen LogP contribution in [0.5, 0.6) is 0 Å². The molecule has 0 spiro atoms. The molecule has 0 saturated heterocycles. The highest BCUT2D eigenvalue weighted by Gasteiger charge is 2.18. The van der Waals surface area contributed by atoms with Gasteiger partial charge in [0.2, 0.25) is 0 Å². The van der Waals surface area contributed by atoms with Crippen molar-refractivity contribution < 1.29 is 5.11 Å². The lowest BCUT2D eigenvalue weighted by Crippen LogP contribution is -2.36. The normalized spacial score (nSPS) is 13.3. The van der Waals surface area contributed by atoms with E-state index >= 15 is 0 Å². The van der Waals surface area contributed by atoms with Gasteiger partial charge >= 0.3 is 0 Å². The van der Waals surface area contributed by atoms with E-state index in [9.17, 15) is 5.11 Å². The zero-order chi connectivity index (χ0) is 13.3. The molecule has 0 fully saturated rings. The predicted molar refractivity (Wildman–Crippen MR) is 74.9 cm³/mol. The van der Waals surface area contributed by atoms with E-state index in [1.165, 1.54) is 6.42 Å². The van der Waals surface area contributed by atoms with Crippen LogP contribution in [0.1, 0.15) is 46.5 Å². The van der Waals surface area contributed by atoms with Crippen LogP contribution in [0, 0.1) is 0 Å². The zero-order valence-corrected chi connectivity index (χ0v) is 11.8. The minimum absolute atomic E-state index is 0.510. The van der Waals surface area contributed by atoms with Crippen LogP contribution < -0.4 is 5.32 Å². The summed E-state index contributed by atoms with van der Waals surface area (Å²) in [5, 5.41) is 12.2. The SMILES string of the molecule is C=C(/C(=C/O)NC)N(CCC)C(CC)CCC. The molecule has 1 unspecified atom stereocenters. The molecule has 0 radical (unpaired) electrons. The van der Waals surface area contributed by atoms with Gasteiger partial charge in [-0.2, -0.15) is 0 Å². The number of nitrogens with one attached hydrogen (secondary N) is 1. The molecule has 0 aromatic rings. The molecule has 17 heavy (non-hydrogen) atoms. The second kappa shape index (κ2) is 8.97. The Morgan fingerprint density at radius 3 is 2.35 bits per heavy atom. The molecule has 0 rings (SSSR count). The van der Waals surface area contributed by atoms with Crippen LogP contribution in [-0.4, -0.2) is 29.6 Å². The van der Waals surface area contributed by atoms with Crippen molar-refractivity contribution in [3.8, 4) is 0 Å². The average Bonchev–Trinajstić information content (AvgIpc) is 2.35. The van der Waals surface area contributed by atoms with E-state index < -0.39 is 0 Å². The molecule has 0 aromatic carbocycles. The first kappa shape index (κ1) is 15.9. The molecule has 1 atom stereocenters. The Hall–Kier alpha value is -1.12. The Bertz CT molecular complexity index is 249.